The molecule has 1 unspecified atom stereocenters. The Balaban J connectivity index is 2.69. The molecular formula is C7H9F3N2S2. The number of alkyl halides is 3. The van der Waals surface area contributed by atoms with Crippen LogP contribution >= 0.6 is 23.1 Å². The van der Waals surface area contributed by atoms with Crippen molar-refractivity contribution in [2.75, 3.05) is 0 Å². The van der Waals surface area contributed by atoms with E-state index in [4.69, 9.17) is 0 Å². The van der Waals surface area contributed by atoms with Crippen molar-refractivity contribution < 1.29 is 13.2 Å². The van der Waals surface area contributed by atoms with Gasteiger partial charge in [-0.2, -0.15) is 13.2 Å². The molecule has 0 aliphatic heterocycles. The Hall–Kier alpha value is -0.300. The van der Waals surface area contributed by atoms with Crippen LogP contribution < -0.4 is 0 Å². The van der Waals surface area contributed by atoms with E-state index in [0.29, 0.717) is 15.7 Å². The van der Waals surface area contributed by atoms with Crippen molar-refractivity contribution in [3.8, 4) is 0 Å². The number of aromatic nitrogens is 2. The summed E-state index contributed by atoms with van der Waals surface area (Å²) in [4.78, 5) is 0. The molecule has 0 spiro atoms. The minimum atomic E-state index is -4.37. The Morgan fingerprint density at radius 1 is 1.43 bits per heavy atom. The molecule has 0 bridgehead atoms. The normalized spacial score (nSPS) is 14.4. The SMILES string of the molecule is CCC(C)Sc1nnc(C(F)(F)F)s1. The minimum absolute atomic E-state index is 0.268. The second kappa shape index (κ2) is 4.48. The Kier molecular flexibility index (Phi) is 3.77. The molecule has 0 radical (unpaired) electrons. The van der Waals surface area contributed by atoms with Crippen LogP contribution in [0.4, 0.5) is 13.2 Å². The van der Waals surface area contributed by atoms with E-state index in [0.717, 1.165) is 6.42 Å². The van der Waals surface area contributed by atoms with E-state index < -0.39 is 11.2 Å². The zero-order valence-electron chi connectivity index (χ0n) is 7.63. The van der Waals surface area contributed by atoms with Crippen LogP contribution in [0.3, 0.4) is 0 Å². The largest absolute Gasteiger partial charge is 0.445 e. The maximum atomic E-state index is 12.1. The van der Waals surface area contributed by atoms with E-state index in [1.165, 1.54) is 11.8 Å². The highest BCUT2D eigenvalue weighted by molar-refractivity contribution is 8.01. The lowest BCUT2D eigenvalue weighted by molar-refractivity contribution is -0.138. The topological polar surface area (TPSA) is 25.8 Å². The summed E-state index contributed by atoms with van der Waals surface area (Å²) in [7, 11) is 0. The summed E-state index contributed by atoms with van der Waals surface area (Å²) in [5, 5.41) is 5.98. The third kappa shape index (κ3) is 3.13. The molecule has 14 heavy (non-hydrogen) atoms. The molecule has 2 nitrogen and oxygen atoms in total. The maximum absolute atomic E-state index is 12.1. The lowest BCUT2D eigenvalue weighted by atomic mass is 10.4. The Morgan fingerprint density at radius 3 is 2.50 bits per heavy atom. The van der Waals surface area contributed by atoms with E-state index in [1.807, 2.05) is 13.8 Å². The van der Waals surface area contributed by atoms with Gasteiger partial charge in [0.25, 0.3) is 0 Å². The molecule has 1 aromatic heterocycles. The summed E-state index contributed by atoms with van der Waals surface area (Å²) in [6.45, 7) is 3.92. The van der Waals surface area contributed by atoms with Crippen molar-refractivity contribution >= 4 is 23.1 Å². The fourth-order valence-electron chi connectivity index (χ4n) is 0.627. The van der Waals surface area contributed by atoms with E-state index >= 15 is 0 Å². The third-order valence-electron chi connectivity index (χ3n) is 1.53. The van der Waals surface area contributed by atoms with Crippen LogP contribution in [0.2, 0.25) is 0 Å². The van der Waals surface area contributed by atoms with Gasteiger partial charge >= 0.3 is 6.18 Å². The van der Waals surface area contributed by atoms with Gasteiger partial charge in [0.05, 0.1) is 0 Å². The first kappa shape index (κ1) is 11.8. The molecule has 0 aliphatic carbocycles. The second-order valence-electron chi connectivity index (χ2n) is 2.71. The van der Waals surface area contributed by atoms with E-state index in [9.17, 15) is 13.2 Å². The molecule has 80 valence electrons. The fraction of sp³-hybridized carbons (Fsp3) is 0.714. The number of nitrogens with zero attached hydrogens (tertiary/aromatic N) is 2. The minimum Gasteiger partial charge on any atom is -0.164 e. The summed E-state index contributed by atoms with van der Waals surface area (Å²) in [5.41, 5.74) is 0. The molecule has 0 amide bonds. The first-order valence-corrected chi connectivity index (χ1v) is 5.70. The highest BCUT2D eigenvalue weighted by atomic mass is 32.2. The quantitative estimate of drug-likeness (QED) is 0.759. The highest BCUT2D eigenvalue weighted by Crippen LogP contribution is 2.35. The van der Waals surface area contributed by atoms with Crippen molar-refractivity contribution in [2.24, 2.45) is 0 Å². The molecule has 0 saturated heterocycles. The van der Waals surface area contributed by atoms with Crippen LogP contribution in [0.5, 0.6) is 0 Å². The van der Waals surface area contributed by atoms with E-state index in [1.54, 1.807) is 0 Å². The zero-order chi connectivity index (χ0) is 10.8. The van der Waals surface area contributed by atoms with Crippen molar-refractivity contribution in [2.45, 2.75) is 36.0 Å². The van der Waals surface area contributed by atoms with E-state index in [2.05, 4.69) is 10.2 Å². The van der Waals surface area contributed by atoms with E-state index in [-0.39, 0.29) is 5.25 Å². The van der Waals surface area contributed by atoms with Gasteiger partial charge in [-0.3, -0.25) is 0 Å². The summed E-state index contributed by atoms with van der Waals surface area (Å²) in [5.74, 6) is 0. The van der Waals surface area contributed by atoms with Crippen LogP contribution in [-0.4, -0.2) is 15.4 Å². The summed E-state index contributed by atoms with van der Waals surface area (Å²) < 4.78 is 36.7. The van der Waals surface area contributed by atoms with Gasteiger partial charge in [-0.15, -0.1) is 10.2 Å². The average Bonchev–Trinajstić information content (AvgIpc) is 2.51. The molecule has 0 fully saturated rings. The molecule has 1 heterocycles. The number of hydrogen-bond donors (Lipinski definition) is 0. The molecule has 7 heteroatoms. The first-order valence-electron chi connectivity index (χ1n) is 4.00. The van der Waals surface area contributed by atoms with Gasteiger partial charge in [-0.1, -0.05) is 36.9 Å². The van der Waals surface area contributed by atoms with Gasteiger partial charge in [0.1, 0.15) is 0 Å². The smallest absolute Gasteiger partial charge is 0.164 e. The number of halogens is 3. The van der Waals surface area contributed by atoms with Gasteiger partial charge in [-0.05, 0) is 6.42 Å². The van der Waals surface area contributed by atoms with Gasteiger partial charge in [-0.25, -0.2) is 0 Å². The fourth-order valence-corrected chi connectivity index (χ4v) is 2.59. The van der Waals surface area contributed by atoms with Crippen LogP contribution in [-0.2, 0) is 6.18 Å². The van der Waals surface area contributed by atoms with Crippen molar-refractivity contribution in [1.29, 1.82) is 0 Å². The summed E-state index contributed by atoms with van der Waals surface area (Å²) in [6.07, 6.45) is -3.47. The summed E-state index contributed by atoms with van der Waals surface area (Å²) >= 11 is 1.92. The van der Waals surface area contributed by atoms with Crippen LogP contribution in [0.1, 0.15) is 25.3 Å². The Morgan fingerprint density at radius 2 is 2.07 bits per heavy atom. The number of hydrogen-bond acceptors (Lipinski definition) is 4. The molecule has 0 aliphatic rings. The number of thioether (sulfide) groups is 1. The molecule has 0 saturated carbocycles. The molecule has 1 atom stereocenters. The number of rotatable bonds is 3. The molecule has 1 rings (SSSR count). The third-order valence-corrected chi connectivity index (χ3v) is 3.85. The van der Waals surface area contributed by atoms with Gasteiger partial charge < -0.3 is 0 Å². The van der Waals surface area contributed by atoms with Crippen LogP contribution in [0.15, 0.2) is 4.34 Å². The molecule has 1 aromatic rings. The molecule has 0 aromatic carbocycles. The Bertz CT molecular complexity index is 297. The van der Waals surface area contributed by atoms with Crippen LogP contribution in [0, 0.1) is 0 Å². The lowest BCUT2D eigenvalue weighted by Gasteiger charge is -2.02. The average molecular weight is 242 g/mol. The summed E-state index contributed by atoms with van der Waals surface area (Å²) in [6, 6.07) is 0. The standard InChI is InChI=1S/C7H9F3N2S2/c1-3-4(2)13-6-12-11-5(14-6)7(8,9)10/h4H,3H2,1-2H3. The predicted octanol–water partition coefficient (Wildman–Crippen LogP) is 3.45. The Labute approximate surface area is 87.9 Å². The van der Waals surface area contributed by atoms with Crippen molar-refractivity contribution in [3.63, 3.8) is 0 Å². The molecular weight excluding hydrogens is 233 g/mol. The predicted molar refractivity (Wildman–Crippen MR) is 50.5 cm³/mol. The zero-order valence-corrected chi connectivity index (χ0v) is 9.26. The second-order valence-corrected chi connectivity index (χ2v) is 5.37. The monoisotopic (exact) mass is 242 g/mol. The van der Waals surface area contributed by atoms with Gasteiger partial charge in [0.2, 0.25) is 5.01 Å². The highest BCUT2D eigenvalue weighted by Gasteiger charge is 2.35. The maximum Gasteiger partial charge on any atom is 0.445 e. The van der Waals surface area contributed by atoms with Gasteiger partial charge in [0.15, 0.2) is 4.34 Å². The van der Waals surface area contributed by atoms with Crippen molar-refractivity contribution in [1.82, 2.24) is 10.2 Å². The lowest BCUT2D eigenvalue weighted by Crippen LogP contribution is -2.03. The van der Waals surface area contributed by atoms with Gasteiger partial charge in [0, 0.05) is 5.25 Å². The first-order chi connectivity index (χ1) is 6.43. The molecule has 0 N–H and O–H groups in total. The van der Waals surface area contributed by atoms with Crippen LogP contribution in [0.25, 0.3) is 0 Å². The van der Waals surface area contributed by atoms with Crippen molar-refractivity contribution in [3.05, 3.63) is 5.01 Å².